The molecular formula is C22H26N6. The Bertz CT molecular complexity index is 935. The smallest absolute Gasteiger partial charge is 0.251 e. The van der Waals surface area contributed by atoms with E-state index in [1.165, 1.54) is 16.8 Å². The summed E-state index contributed by atoms with van der Waals surface area (Å²) in [6.45, 7) is 8.15. The molecule has 2 aromatic carbocycles. The summed E-state index contributed by atoms with van der Waals surface area (Å²) in [7, 11) is 1.97. The van der Waals surface area contributed by atoms with Crippen LogP contribution in [0.1, 0.15) is 11.1 Å². The van der Waals surface area contributed by atoms with Crippen LogP contribution < -0.4 is 14.7 Å². The number of rotatable bonds is 4. The molecule has 6 nitrogen and oxygen atoms in total. The molecule has 0 atom stereocenters. The fourth-order valence-corrected chi connectivity index (χ4v) is 3.60. The second kappa shape index (κ2) is 7.84. The first-order valence-corrected chi connectivity index (χ1v) is 9.68. The summed E-state index contributed by atoms with van der Waals surface area (Å²) in [5.74, 6) is 1.49. The third-order valence-corrected chi connectivity index (χ3v) is 5.50. The van der Waals surface area contributed by atoms with Crippen LogP contribution in [0, 0.1) is 13.8 Å². The minimum atomic E-state index is 0.612. The molecule has 2 heterocycles. The lowest BCUT2D eigenvalue weighted by Gasteiger charge is -2.37. The Hall–Kier alpha value is -3.15. The maximum Gasteiger partial charge on any atom is 0.251 e. The monoisotopic (exact) mass is 374 g/mol. The summed E-state index contributed by atoms with van der Waals surface area (Å²) in [5, 5.41) is 8.42. The van der Waals surface area contributed by atoms with Gasteiger partial charge in [0.1, 0.15) is 0 Å². The van der Waals surface area contributed by atoms with E-state index in [2.05, 4.69) is 52.0 Å². The second-order valence-electron chi connectivity index (χ2n) is 7.20. The Morgan fingerprint density at radius 2 is 1.57 bits per heavy atom. The maximum atomic E-state index is 4.76. The number of benzene rings is 2. The van der Waals surface area contributed by atoms with Crippen molar-refractivity contribution < 1.29 is 0 Å². The number of anilines is 4. The highest BCUT2D eigenvalue weighted by atomic mass is 15.4. The van der Waals surface area contributed by atoms with E-state index >= 15 is 0 Å². The molecule has 0 spiro atoms. The van der Waals surface area contributed by atoms with Gasteiger partial charge in [-0.05, 0) is 43.2 Å². The van der Waals surface area contributed by atoms with Crippen molar-refractivity contribution in [3.05, 3.63) is 65.9 Å². The highest BCUT2D eigenvalue weighted by Crippen LogP contribution is 2.26. The van der Waals surface area contributed by atoms with E-state index in [9.17, 15) is 0 Å². The first kappa shape index (κ1) is 18.2. The van der Waals surface area contributed by atoms with Crippen molar-refractivity contribution in [3.63, 3.8) is 0 Å². The first-order valence-electron chi connectivity index (χ1n) is 9.68. The Morgan fingerprint density at radius 1 is 0.857 bits per heavy atom. The number of piperazine rings is 1. The lowest BCUT2D eigenvalue weighted by Crippen LogP contribution is -2.47. The van der Waals surface area contributed by atoms with Crippen LogP contribution in [0.4, 0.5) is 23.1 Å². The van der Waals surface area contributed by atoms with Gasteiger partial charge in [0.15, 0.2) is 5.82 Å². The van der Waals surface area contributed by atoms with Gasteiger partial charge in [-0.2, -0.15) is 10.1 Å². The van der Waals surface area contributed by atoms with E-state index < -0.39 is 0 Å². The zero-order valence-electron chi connectivity index (χ0n) is 16.7. The van der Waals surface area contributed by atoms with E-state index in [0.717, 1.165) is 37.7 Å². The van der Waals surface area contributed by atoms with Gasteiger partial charge in [-0.25, -0.2) is 0 Å². The summed E-state index contributed by atoms with van der Waals surface area (Å²) in [6.07, 6.45) is 1.76. The molecule has 0 amide bonds. The molecule has 0 unspecified atom stereocenters. The molecule has 3 aromatic rings. The van der Waals surface area contributed by atoms with Gasteiger partial charge < -0.3 is 14.7 Å². The molecule has 28 heavy (non-hydrogen) atoms. The van der Waals surface area contributed by atoms with Gasteiger partial charge in [-0.3, -0.25) is 0 Å². The van der Waals surface area contributed by atoms with Gasteiger partial charge in [0.2, 0.25) is 0 Å². The minimum absolute atomic E-state index is 0.612. The van der Waals surface area contributed by atoms with Gasteiger partial charge in [0.25, 0.3) is 5.95 Å². The minimum Gasteiger partial charge on any atom is -0.368 e. The van der Waals surface area contributed by atoms with Crippen molar-refractivity contribution in [2.75, 3.05) is 47.9 Å². The van der Waals surface area contributed by atoms with E-state index in [1.54, 1.807) is 6.20 Å². The molecule has 0 aliphatic carbocycles. The molecule has 0 radical (unpaired) electrons. The summed E-state index contributed by atoms with van der Waals surface area (Å²) >= 11 is 0. The largest absolute Gasteiger partial charge is 0.368 e. The predicted molar refractivity (Wildman–Crippen MR) is 115 cm³/mol. The van der Waals surface area contributed by atoms with E-state index in [0.29, 0.717) is 5.95 Å². The van der Waals surface area contributed by atoms with Crippen LogP contribution >= 0.6 is 0 Å². The Morgan fingerprint density at radius 3 is 2.32 bits per heavy atom. The van der Waals surface area contributed by atoms with Crippen LogP contribution in [0.2, 0.25) is 0 Å². The molecular weight excluding hydrogens is 348 g/mol. The molecule has 1 saturated heterocycles. The highest BCUT2D eigenvalue weighted by molar-refractivity contribution is 5.59. The van der Waals surface area contributed by atoms with Crippen molar-refractivity contribution in [2.24, 2.45) is 0 Å². The van der Waals surface area contributed by atoms with E-state index in [1.807, 2.05) is 42.3 Å². The Labute approximate surface area is 166 Å². The average Bonchev–Trinajstić information content (AvgIpc) is 2.76. The van der Waals surface area contributed by atoms with Gasteiger partial charge in [-0.15, -0.1) is 5.10 Å². The molecule has 144 valence electrons. The van der Waals surface area contributed by atoms with Crippen molar-refractivity contribution in [1.82, 2.24) is 15.2 Å². The number of aromatic nitrogens is 3. The summed E-state index contributed by atoms with van der Waals surface area (Å²) in [6, 6.07) is 16.6. The summed E-state index contributed by atoms with van der Waals surface area (Å²) < 4.78 is 0. The second-order valence-corrected chi connectivity index (χ2v) is 7.20. The van der Waals surface area contributed by atoms with E-state index in [4.69, 9.17) is 4.98 Å². The number of nitrogens with zero attached hydrogens (tertiary/aromatic N) is 6. The van der Waals surface area contributed by atoms with Crippen LogP contribution in [-0.4, -0.2) is 48.4 Å². The van der Waals surface area contributed by atoms with Crippen molar-refractivity contribution in [2.45, 2.75) is 13.8 Å². The van der Waals surface area contributed by atoms with Crippen molar-refractivity contribution >= 4 is 23.1 Å². The van der Waals surface area contributed by atoms with E-state index in [-0.39, 0.29) is 0 Å². The van der Waals surface area contributed by atoms with Gasteiger partial charge in [0.05, 0.1) is 6.20 Å². The first-order chi connectivity index (χ1) is 13.6. The van der Waals surface area contributed by atoms with Crippen LogP contribution in [0.5, 0.6) is 0 Å². The fraction of sp³-hybridized carbons (Fsp3) is 0.318. The predicted octanol–water partition coefficient (Wildman–Crippen LogP) is 3.58. The van der Waals surface area contributed by atoms with Crippen LogP contribution in [-0.2, 0) is 0 Å². The van der Waals surface area contributed by atoms with Crippen LogP contribution in [0.25, 0.3) is 0 Å². The summed E-state index contributed by atoms with van der Waals surface area (Å²) in [4.78, 5) is 11.5. The SMILES string of the molecule is Cc1cccc(N2CCN(c3cnnc(N(C)c4ccccc4)n3)CC2)c1C. The van der Waals surface area contributed by atoms with Crippen molar-refractivity contribution in [3.8, 4) is 0 Å². The third-order valence-electron chi connectivity index (χ3n) is 5.50. The zero-order chi connectivity index (χ0) is 19.5. The molecule has 0 saturated carbocycles. The quantitative estimate of drug-likeness (QED) is 0.696. The zero-order valence-corrected chi connectivity index (χ0v) is 16.7. The Kier molecular flexibility index (Phi) is 5.10. The van der Waals surface area contributed by atoms with Gasteiger partial charge in [-0.1, -0.05) is 30.3 Å². The number of hydrogen-bond donors (Lipinski definition) is 0. The van der Waals surface area contributed by atoms with Crippen LogP contribution in [0.3, 0.4) is 0 Å². The number of aryl methyl sites for hydroxylation is 1. The molecule has 6 heteroatoms. The van der Waals surface area contributed by atoms with Crippen molar-refractivity contribution in [1.29, 1.82) is 0 Å². The van der Waals surface area contributed by atoms with Gasteiger partial charge in [0, 0.05) is 44.6 Å². The fourth-order valence-electron chi connectivity index (χ4n) is 3.60. The third kappa shape index (κ3) is 3.63. The number of para-hydroxylation sites is 1. The Balaban J connectivity index is 1.47. The highest BCUT2D eigenvalue weighted by Gasteiger charge is 2.21. The standard InChI is InChI=1S/C22H26N6/c1-17-8-7-11-20(18(17)2)27-12-14-28(15-13-27)21-16-23-25-22(24-21)26(3)19-9-5-4-6-10-19/h4-11,16H,12-15H2,1-3H3. The summed E-state index contributed by atoms with van der Waals surface area (Å²) in [5.41, 5.74) is 5.09. The topological polar surface area (TPSA) is 48.4 Å². The lowest BCUT2D eigenvalue weighted by molar-refractivity contribution is 0.643. The normalized spacial score (nSPS) is 14.2. The molecule has 1 aromatic heterocycles. The lowest BCUT2D eigenvalue weighted by atomic mass is 10.1. The molecule has 0 bridgehead atoms. The van der Waals surface area contributed by atoms with Crippen LogP contribution in [0.15, 0.2) is 54.7 Å². The molecule has 4 rings (SSSR count). The molecule has 0 N–H and O–H groups in total. The maximum absolute atomic E-state index is 4.76. The van der Waals surface area contributed by atoms with Gasteiger partial charge >= 0.3 is 0 Å². The average molecular weight is 374 g/mol. The molecule has 1 aliphatic rings. The molecule has 1 fully saturated rings. The molecule has 1 aliphatic heterocycles. The number of hydrogen-bond acceptors (Lipinski definition) is 6.